The monoisotopic (exact) mass is 239 g/mol. The average Bonchev–Trinajstić information content (AvgIpc) is 2.66. The van der Waals surface area contributed by atoms with Gasteiger partial charge in [-0.25, -0.2) is 0 Å². The van der Waals surface area contributed by atoms with Crippen molar-refractivity contribution in [3.8, 4) is 0 Å². The van der Waals surface area contributed by atoms with Crippen molar-refractivity contribution in [1.82, 2.24) is 15.5 Å². The summed E-state index contributed by atoms with van der Waals surface area (Å²) in [4.78, 5) is 1.23. The minimum atomic E-state index is 0.726. The quantitative estimate of drug-likeness (QED) is 0.891. The van der Waals surface area contributed by atoms with E-state index in [1.807, 2.05) is 24.3 Å². The molecular weight excluding hydrogens is 230 g/mol. The maximum Gasteiger partial charge on any atom is 0.0931 e. The standard InChI is InChI=1S/C10H10ClN3S/c11-10-4-3-9(15-10)7-12-6-8-2-1-5-13-14-8/h1-5,12H,6-7H2. The molecule has 2 heterocycles. The summed E-state index contributed by atoms with van der Waals surface area (Å²) in [6.07, 6.45) is 1.67. The minimum Gasteiger partial charge on any atom is -0.306 e. The van der Waals surface area contributed by atoms with E-state index in [9.17, 15) is 0 Å². The molecule has 0 aromatic carbocycles. The smallest absolute Gasteiger partial charge is 0.0931 e. The fraction of sp³-hybridized carbons (Fsp3) is 0.200. The topological polar surface area (TPSA) is 37.8 Å². The summed E-state index contributed by atoms with van der Waals surface area (Å²) in [5.41, 5.74) is 0.945. The maximum atomic E-state index is 5.82. The van der Waals surface area contributed by atoms with Crippen LogP contribution in [0.1, 0.15) is 10.6 Å². The molecule has 0 aliphatic rings. The summed E-state index contributed by atoms with van der Waals surface area (Å²) in [5.74, 6) is 0. The summed E-state index contributed by atoms with van der Waals surface area (Å²) in [7, 11) is 0. The SMILES string of the molecule is Clc1ccc(CNCc2cccnn2)s1. The number of hydrogen-bond acceptors (Lipinski definition) is 4. The Morgan fingerprint density at radius 2 is 2.20 bits per heavy atom. The van der Waals surface area contributed by atoms with E-state index in [0.29, 0.717) is 0 Å². The highest BCUT2D eigenvalue weighted by atomic mass is 35.5. The van der Waals surface area contributed by atoms with E-state index in [1.54, 1.807) is 17.5 Å². The third-order valence-corrected chi connectivity index (χ3v) is 3.09. The van der Waals surface area contributed by atoms with Crippen LogP contribution >= 0.6 is 22.9 Å². The van der Waals surface area contributed by atoms with Gasteiger partial charge in [0.2, 0.25) is 0 Å². The Kier molecular flexibility index (Phi) is 3.66. The molecule has 0 unspecified atom stereocenters. The van der Waals surface area contributed by atoms with Crippen LogP contribution in [-0.4, -0.2) is 10.2 Å². The molecule has 1 N–H and O–H groups in total. The van der Waals surface area contributed by atoms with Gasteiger partial charge in [-0.05, 0) is 24.3 Å². The van der Waals surface area contributed by atoms with E-state index in [0.717, 1.165) is 23.1 Å². The van der Waals surface area contributed by atoms with Gasteiger partial charge in [0.25, 0.3) is 0 Å². The van der Waals surface area contributed by atoms with E-state index in [4.69, 9.17) is 11.6 Å². The first kappa shape index (κ1) is 10.5. The van der Waals surface area contributed by atoms with Gasteiger partial charge in [-0.1, -0.05) is 11.6 Å². The van der Waals surface area contributed by atoms with Crippen molar-refractivity contribution in [3.05, 3.63) is 45.4 Å². The normalized spacial score (nSPS) is 10.5. The molecule has 2 aromatic heterocycles. The number of aromatic nitrogens is 2. The van der Waals surface area contributed by atoms with Gasteiger partial charge in [0.05, 0.1) is 10.0 Å². The van der Waals surface area contributed by atoms with Crippen LogP contribution in [-0.2, 0) is 13.1 Å². The first-order valence-corrected chi connectivity index (χ1v) is 5.75. The number of nitrogens with one attached hydrogen (secondary N) is 1. The lowest BCUT2D eigenvalue weighted by Crippen LogP contribution is -2.12. The molecule has 0 atom stereocenters. The number of nitrogens with zero attached hydrogens (tertiary/aromatic N) is 2. The lowest BCUT2D eigenvalue weighted by atomic mass is 10.4. The number of hydrogen-bond donors (Lipinski definition) is 1. The van der Waals surface area contributed by atoms with Gasteiger partial charge in [0, 0.05) is 24.2 Å². The van der Waals surface area contributed by atoms with Crippen molar-refractivity contribution < 1.29 is 0 Å². The van der Waals surface area contributed by atoms with Gasteiger partial charge in [-0.2, -0.15) is 10.2 Å². The predicted molar refractivity (Wildman–Crippen MR) is 61.9 cm³/mol. The van der Waals surface area contributed by atoms with E-state index in [2.05, 4.69) is 15.5 Å². The van der Waals surface area contributed by atoms with Gasteiger partial charge in [0.15, 0.2) is 0 Å². The van der Waals surface area contributed by atoms with E-state index >= 15 is 0 Å². The van der Waals surface area contributed by atoms with Gasteiger partial charge in [0.1, 0.15) is 0 Å². The first-order valence-electron chi connectivity index (χ1n) is 4.56. The number of thiophene rings is 1. The molecule has 0 spiro atoms. The summed E-state index contributed by atoms with van der Waals surface area (Å²) in [5, 5.41) is 11.1. The van der Waals surface area contributed by atoms with Crippen molar-refractivity contribution in [1.29, 1.82) is 0 Å². The second-order valence-electron chi connectivity index (χ2n) is 3.02. The molecule has 0 aliphatic heterocycles. The lowest BCUT2D eigenvalue weighted by molar-refractivity contribution is 0.676. The molecule has 0 saturated carbocycles. The maximum absolute atomic E-state index is 5.82. The van der Waals surface area contributed by atoms with Crippen LogP contribution in [0.4, 0.5) is 0 Å². The molecule has 15 heavy (non-hydrogen) atoms. The Labute approximate surface area is 97.1 Å². The summed E-state index contributed by atoms with van der Waals surface area (Å²) in [6, 6.07) is 7.76. The van der Waals surface area contributed by atoms with Crippen LogP contribution < -0.4 is 5.32 Å². The molecule has 2 aromatic rings. The van der Waals surface area contributed by atoms with Crippen molar-refractivity contribution >= 4 is 22.9 Å². The van der Waals surface area contributed by atoms with Crippen LogP contribution in [0.3, 0.4) is 0 Å². The highest BCUT2D eigenvalue weighted by molar-refractivity contribution is 7.16. The second kappa shape index (κ2) is 5.21. The van der Waals surface area contributed by atoms with Crippen LogP contribution in [0.25, 0.3) is 0 Å². The third-order valence-electron chi connectivity index (χ3n) is 1.86. The van der Waals surface area contributed by atoms with E-state index < -0.39 is 0 Å². The Morgan fingerprint density at radius 1 is 1.27 bits per heavy atom. The first-order chi connectivity index (χ1) is 7.34. The Bertz CT molecular complexity index is 416. The van der Waals surface area contributed by atoms with Gasteiger partial charge < -0.3 is 5.32 Å². The zero-order chi connectivity index (χ0) is 10.5. The van der Waals surface area contributed by atoms with Crippen molar-refractivity contribution in [2.45, 2.75) is 13.1 Å². The molecule has 78 valence electrons. The number of halogens is 1. The third kappa shape index (κ3) is 3.27. The molecule has 5 heteroatoms. The van der Waals surface area contributed by atoms with Gasteiger partial charge >= 0.3 is 0 Å². The lowest BCUT2D eigenvalue weighted by Gasteiger charge is -2.00. The molecule has 0 saturated heterocycles. The number of rotatable bonds is 4. The van der Waals surface area contributed by atoms with Crippen molar-refractivity contribution in [2.75, 3.05) is 0 Å². The zero-order valence-electron chi connectivity index (χ0n) is 7.98. The molecular formula is C10H10ClN3S. The minimum absolute atomic E-state index is 0.726. The largest absolute Gasteiger partial charge is 0.306 e. The summed E-state index contributed by atoms with van der Waals surface area (Å²) < 4.78 is 0.825. The molecule has 0 fully saturated rings. The van der Waals surface area contributed by atoms with E-state index in [1.165, 1.54) is 4.88 Å². The summed E-state index contributed by atoms with van der Waals surface area (Å²) in [6.45, 7) is 1.54. The molecule has 2 rings (SSSR count). The van der Waals surface area contributed by atoms with Crippen molar-refractivity contribution in [3.63, 3.8) is 0 Å². The van der Waals surface area contributed by atoms with Crippen LogP contribution in [0.2, 0.25) is 4.34 Å². The molecule has 0 radical (unpaired) electrons. The van der Waals surface area contributed by atoms with Crippen molar-refractivity contribution in [2.24, 2.45) is 0 Å². The fourth-order valence-electron chi connectivity index (χ4n) is 1.19. The molecule has 0 amide bonds. The predicted octanol–water partition coefficient (Wildman–Crippen LogP) is 2.48. The zero-order valence-corrected chi connectivity index (χ0v) is 9.55. The average molecular weight is 240 g/mol. The Hall–Kier alpha value is -0.970. The highest BCUT2D eigenvalue weighted by Gasteiger charge is 1.98. The fourth-order valence-corrected chi connectivity index (χ4v) is 2.25. The molecule has 0 aliphatic carbocycles. The van der Waals surface area contributed by atoms with Crippen LogP contribution in [0.15, 0.2) is 30.5 Å². The molecule has 3 nitrogen and oxygen atoms in total. The summed E-state index contributed by atoms with van der Waals surface area (Å²) >= 11 is 7.41. The van der Waals surface area contributed by atoms with Crippen LogP contribution in [0.5, 0.6) is 0 Å². The van der Waals surface area contributed by atoms with Crippen LogP contribution in [0, 0.1) is 0 Å². The van der Waals surface area contributed by atoms with Gasteiger partial charge in [-0.3, -0.25) is 0 Å². The Balaban J connectivity index is 1.80. The second-order valence-corrected chi connectivity index (χ2v) is 4.82. The Morgan fingerprint density at radius 3 is 2.87 bits per heavy atom. The highest BCUT2D eigenvalue weighted by Crippen LogP contribution is 2.20. The van der Waals surface area contributed by atoms with E-state index in [-0.39, 0.29) is 0 Å². The van der Waals surface area contributed by atoms with Gasteiger partial charge in [-0.15, -0.1) is 11.3 Å². The molecule has 0 bridgehead atoms.